The summed E-state index contributed by atoms with van der Waals surface area (Å²) in [6.07, 6.45) is 1.19. The van der Waals surface area contributed by atoms with Crippen LogP contribution >= 0.6 is 11.6 Å². The molecule has 0 aromatic heterocycles. The lowest BCUT2D eigenvalue weighted by molar-refractivity contribution is -0.121. The summed E-state index contributed by atoms with van der Waals surface area (Å²) in [5.41, 5.74) is 1.90. The van der Waals surface area contributed by atoms with E-state index in [9.17, 15) is 9.90 Å². The third-order valence-electron chi connectivity index (χ3n) is 4.00. The summed E-state index contributed by atoms with van der Waals surface area (Å²) in [5.74, 6) is 0.164. The third kappa shape index (κ3) is 4.17. The Morgan fingerprint density at radius 2 is 2.09 bits per heavy atom. The van der Waals surface area contributed by atoms with Crippen molar-refractivity contribution >= 4 is 23.2 Å². The van der Waals surface area contributed by atoms with Gasteiger partial charge in [0.25, 0.3) is 0 Å². The van der Waals surface area contributed by atoms with Crippen LogP contribution < -0.4 is 10.2 Å². The first-order valence-corrected chi connectivity index (χ1v) is 8.06. The van der Waals surface area contributed by atoms with Gasteiger partial charge >= 0.3 is 0 Å². The zero-order valence-electron chi connectivity index (χ0n) is 12.7. The molecule has 4 nitrogen and oxygen atoms in total. The Balaban J connectivity index is 1.54. The number of halogens is 1. The van der Waals surface area contributed by atoms with E-state index in [0.717, 1.165) is 35.8 Å². The molecular weight excluding hydrogens is 312 g/mol. The Bertz CT molecular complexity index is 705. The third-order valence-corrected chi connectivity index (χ3v) is 4.24. The van der Waals surface area contributed by atoms with Crippen LogP contribution in [0.4, 0.5) is 5.69 Å². The largest absolute Gasteiger partial charge is 0.508 e. The molecule has 1 atom stereocenters. The van der Waals surface area contributed by atoms with E-state index in [-0.39, 0.29) is 24.1 Å². The summed E-state index contributed by atoms with van der Waals surface area (Å²) in [6, 6.07) is 14.7. The first kappa shape index (κ1) is 15.7. The molecular formula is C18H19ClN2O2. The van der Waals surface area contributed by atoms with Crippen molar-refractivity contribution in [3.05, 3.63) is 59.1 Å². The maximum absolute atomic E-state index is 12.1. The number of hydrogen-bond donors (Lipinski definition) is 2. The van der Waals surface area contributed by atoms with Crippen LogP contribution in [-0.2, 0) is 11.2 Å². The van der Waals surface area contributed by atoms with Crippen molar-refractivity contribution in [1.29, 1.82) is 0 Å². The fraction of sp³-hybridized carbons (Fsp3) is 0.278. The normalized spacial score (nSPS) is 17.3. The minimum absolute atomic E-state index is 0.0199. The van der Waals surface area contributed by atoms with Crippen LogP contribution in [0.15, 0.2) is 48.5 Å². The molecule has 0 bridgehead atoms. The van der Waals surface area contributed by atoms with Gasteiger partial charge in [0.2, 0.25) is 5.91 Å². The zero-order chi connectivity index (χ0) is 16.2. The average Bonchev–Trinajstić information content (AvgIpc) is 2.95. The Hall–Kier alpha value is -2.20. The highest BCUT2D eigenvalue weighted by Crippen LogP contribution is 2.23. The van der Waals surface area contributed by atoms with Gasteiger partial charge in [-0.25, -0.2) is 0 Å². The van der Waals surface area contributed by atoms with Crippen LogP contribution in [0, 0.1) is 0 Å². The van der Waals surface area contributed by atoms with Gasteiger partial charge in [0.1, 0.15) is 5.75 Å². The molecule has 1 fully saturated rings. The van der Waals surface area contributed by atoms with Crippen molar-refractivity contribution in [1.82, 2.24) is 5.32 Å². The second-order valence-corrected chi connectivity index (χ2v) is 6.26. The molecule has 2 aromatic carbocycles. The summed E-state index contributed by atoms with van der Waals surface area (Å²) in [6.45, 7) is 1.68. The van der Waals surface area contributed by atoms with Gasteiger partial charge in [-0.1, -0.05) is 29.8 Å². The molecule has 0 radical (unpaired) electrons. The number of phenolic OH excluding ortho intramolecular Hbond substituents is 1. The second-order valence-electron chi connectivity index (χ2n) is 5.83. The summed E-state index contributed by atoms with van der Waals surface area (Å²) >= 11 is 6.03. The van der Waals surface area contributed by atoms with Crippen molar-refractivity contribution < 1.29 is 9.90 Å². The zero-order valence-corrected chi connectivity index (χ0v) is 13.5. The van der Waals surface area contributed by atoms with E-state index in [1.807, 2.05) is 30.3 Å². The standard InChI is InChI=1S/C18H19ClN2O2/c19-14-4-2-5-16(11-14)21-8-7-15(12-21)20-18(23)10-13-3-1-6-17(22)9-13/h1-6,9,11,15,22H,7-8,10,12H2,(H,20,23)/t15-/m0/s1. The lowest BCUT2D eigenvalue weighted by Gasteiger charge is -2.19. The first-order valence-electron chi connectivity index (χ1n) is 7.68. The molecule has 0 unspecified atom stereocenters. The molecule has 23 heavy (non-hydrogen) atoms. The number of phenols is 1. The Labute approximate surface area is 140 Å². The van der Waals surface area contributed by atoms with E-state index in [0.29, 0.717) is 0 Å². The van der Waals surface area contributed by atoms with Crippen LogP contribution in [0.5, 0.6) is 5.75 Å². The summed E-state index contributed by atoms with van der Waals surface area (Å²) in [7, 11) is 0. The van der Waals surface area contributed by atoms with Crippen molar-refractivity contribution in [2.45, 2.75) is 18.9 Å². The van der Waals surface area contributed by atoms with Crippen LogP contribution in [-0.4, -0.2) is 30.1 Å². The molecule has 0 aliphatic carbocycles. The fourth-order valence-corrected chi connectivity index (χ4v) is 3.10. The van der Waals surface area contributed by atoms with Crippen LogP contribution in [0.25, 0.3) is 0 Å². The highest BCUT2D eigenvalue weighted by Gasteiger charge is 2.24. The number of carbonyl (C=O) groups excluding carboxylic acids is 1. The highest BCUT2D eigenvalue weighted by atomic mass is 35.5. The molecule has 1 saturated heterocycles. The maximum Gasteiger partial charge on any atom is 0.224 e. The van der Waals surface area contributed by atoms with E-state index >= 15 is 0 Å². The predicted octanol–water partition coefficient (Wildman–Crippen LogP) is 2.98. The molecule has 1 amide bonds. The smallest absolute Gasteiger partial charge is 0.224 e. The van der Waals surface area contributed by atoms with Gasteiger partial charge in [0, 0.05) is 29.8 Å². The van der Waals surface area contributed by atoms with E-state index in [1.54, 1.807) is 18.2 Å². The van der Waals surface area contributed by atoms with Gasteiger partial charge in [-0.05, 0) is 42.3 Å². The van der Waals surface area contributed by atoms with Crippen molar-refractivity contribution in [3.63, 3.8) is 0 Å². The Morgan fingerprint density at radius 1 is 1.26 bits per heavy atom. The van der Waals surface area contributed by atoms with Crippen molar-refractivity contribution in [2.24, 2.45) is 0 Å². The number of rotatable bonds is 4. The number of aromatic hydroxyl groups is 1. The summed E-state index contributed by atoms with van der Waals surface area (Å²) in [5, 5.41) is 13.2. The molecule has 120 valence electrons. The minimum Gasteiger partial charge on any atom is -0.508 e. The molecule has 1 aliphatic rings. The number of benzene rings is 2. The number of anilines is 1. The molecule has 1 aliphatic heterocycles. The monoisotopic (exact) mass is 330 g/mol. The highest BCUT2D eigenvalue weighted by molar-refractivity contribution is 6.30. The van der Waals surface area contributed by atoms with E-state index in [4.69, 9.17) is 11.6 Å². The molecule has 3 rings (SSSR count). The molecule has 2 aromatic rings. The number of nitrogens with zero attached hydrogens (tertiary/aromatic N) is 1. The first-order chi connectivity index (χ1) is 11.1. The molecule has 2 N–H and O–H groups in total. The topological polar surface area (TPSA) is 52.6 Å². The van der Waals surface area contributed by atoms with Gasteiger partial charge in [0.15, 0.2) is 0 Å². The predicted molar refractivity (Wildman–Crippen MR) is 92.0 cm³/mol. The van der Waals surface area contributed by atoms with E-state index in [2.05, 4.69) is 10.2 Å². The van der Waals surface area contributed by atoms with Crippen molar-refractivity contribution in [2.75, 3.05) is 18.0 Å². The molecule has 0 spiro atoms. The molecule has 0 saturated carbocycles. The number of nitrogens with one attached hydrogen (secondary N) is 1. The van der Waals surface area contributed by atoms with Crippen LogP contribution in [0.1, 0.15) is 12.0 Å². The Kier molecular flexibility index (Phi) is 4.72. The lowest BCUT2D eigenvalue weighted by atomic mass is 10.1. The number of carbonyl (C=O) groups is 1. The van der Waals surface area contributed by atoms with Gasteiger partial charge in [0.05, 0.1) is 6.42 Å². The van der Waals surface area contributed by atoms with Gasteiger partial charge < -0.3 is 15.3 Å². The number of hydrogen-bond acceptors (Lipinski definition) is 3. The maximum atomic E-state index is 12.1. The SMILES string of the molecule is O=C(Cc1cccc(O)c1)N[C@H]1CCN(c2cccc(Cl)c2)C1. The van der Waals surface area contributed by atoms with Crippen molar-refractivity contribution in [3.8, 4) is 5.75 Å². The molecule has 1 heterocycles. The second kappa shape index (κ2) is 6.92. The van der Waals surface area contributed by atoms with Gasteiger partial charge in [-0.15, -0.1) is 0 Å². The van der Waals surface area contributed by atoms with Crippen LogP contribution in [0.3, 0.4) is 0 Å². The van der Waals surface area contributed by atoms with E-state index < -0.39 is 0 Å². The minimum atomic E-state index is -0.0199. The Morgan fingerprint density at radius 3 is 2.87 bits per heavy atom. The molecule has 5 heteroatoms. The fourth-order valence-electron chi connectivity index (χ4n) is 2.92. The lowest BCUT2D eigenvalue weighted by Crippen LogP contribution is -2.37. The average molecular weight is 331 g/mol. The number of amides is 1. The summed E-state index contributed by atoms with van der Waals surface area (Å²) < 4.78 is 0. The van der Waals surface area contributed by atoms with E-state index in [1.165, 1.54) is 0 Å². The van der Waals surface area contributed by atoms with Crippen LogP contribution in [0.2, 0.25) is 5.02 Å². The summed E-state index contributed by atoms with van der Waals surface area (Å²) in [4.78, 5) is 14.4. The van der Waals surface area contributed by atoms with Gasteiger partial charge in [-0.2, -0.15) is 0 Å². The quantitative estimate of drug-likeness (QED) is 0.906. The van der Waals surface area contributed by atoms with Gasteiger partial charge in [-0.3, -0.25) is 4.79 Å².